The second kappa shape index (κ2) is 4.12. The van der Waals surface area contributed by atoms with Gasteiger partial charge in [0.1, 0.15) is 0 Å². The summed E-state index contributed by atoms with van der Waals surface area (Å²) >= 11 is 0. The summed E-state index contributed by atoms with van der Waals surface area (Å²) in [4.78, 5) is 0. The SMILES string of the molecule is Cc1cc(N)c(C)c(C)c1C.I. The zero-order chi connectivity index (χ0) is 8.59. The summed E-state index contributed by atoms with van der Waals surface area (Å²) in [6, 6.07) is 2.04. The van der Waals surface area contributed by atoms with Gasteiger partial charge in [0, 0.05) is 5.69 Å². The summed E-state index contributed by atoms with van der Waals surface area (Å²) in [6.07, 6.45) is 0. The third-order valence-corrected chi connectivity index (χ3v) is 2.52. The number of benzene rings is 1. The predicted octanol–water partition coefficient (Wildman–Crippen LogP) is 3.12. The molecule has 0 unspecified atom stereocenters. The number of hydrogen-bond acceptors (Lipinski definition) is 1. The standard InChI is InChI=1S/C10H15N.HI/c1-6-5-10(11)9(4)8(3)7(6)2;/h5H,11H2,1-4H3;1H. The van der Waals surface area contributed by atoms with Crippen molar-refractivity contribution in [2.45, 2.75) is 27.7 Å². The molecular formula is C10H16IN. The van der Waals surface area contributed by atoms with E-state index >= 15 is 0 Å². The van der Waals surface area contributed by atoms with Crippen molar-refractivity contribution in [3.05, 3.63) is 28.3 Å². The number of rotatable bonds is 0. The van der Waals surface area contributed by atoms with Gasteiger partial charge in [-0.05, 0) is 56.0 Å². The summed E-state index contributed by atoms with van der Waals surface area (Å²) < 4.78 is 0. The maximum atomic E-state index is 5.79. The van der Waals surface area contributed by atoms with E-state index in [9.17, 15) is 0 Å². The molecule has 2 N–H and O–H groups in total. The zero-order valence-corrected chi connectivity index (χ0v) is 10.4. The van der Waals surface area contributed by atoms with Gasteiger partial charge < -0.3 is 5.73 Å². The molecule has 0 amide bonds. The first-order chi connectivity index (χ1) is 5.04. The molecule has 68 valence electrons. The van der Waals surface area contributed by atoms with E-state index < -0.39 is 0 Å². The molecule has 0 heterocycles. The van der Waals surface area contributed by atoms with E-state index in [1.807, 2.05) is 6.07 Å². The van der Waals surface area contributed by atoms with Crippen LogP contribution in [0.1, 0.15) is 22.3 Å². The van der Waals surface area contributed by atoms with Gasteiger partial charge in [-0.15, -0.1) is 24.0 Å². The van der Waals surface area contributed by atoms with Crippen LogP contribution in [-0.4, -0.2) is 0 Å². The van der Waals surface area contributed by atoms with E-state index in [4.69, 9.17) is 5.73 Å². The van der Waals surface area contributed by atoms with Crippen molar-refractivity contribution in [3.63, 3.8) is 0 Å². The van der Waals surface area contributed by atoms with Gasteiger partial charge in [-0.2, -0.15) is 0 Å². The minimum atomic E-state index is 0. The highest BCUT2D eigenvalue weighted by atomic mass is 127. The van der Waals surface area contributed by atoms with E-state index in [2.05, 4.69) is 27.7 Å². The molecule has 1 aromatic rings. The van der Waals surface area contributed by atoms with E-state index in [0.29, 0.717) is 0 Å². The maximum Gasteiger partial charge on any atom is 0.0349 e. The first-order valence-corrected chi connectivity index (χ1v) is 3.87. The first-order valence-electron chi connectivity index (χ1n) is 3.87. The molecule has 1 rings (SSSR count). The number of hydrogen-bond donors (Lipinski definition) is 1. The minimum absolute atomic E-state index is 0. The van der Waals surface area contributed by atoms with Gasteiger partial charge in [-0.25, -0.2) is 0 Å². The summed E-state index contributed by atoms with van der Waals surface area (Å²) in [5, 5.41) is 0. The van der Waals surface area contributed by atoms with E-state index in [1.54, 1.807) is 0 Å². The Morgan fingerprint density at radius 1 is 0.917 bits per heavy atom. The molecule has 0 atom stereocenters. The Labute approximate surface area is 91.4 Å². The zero-order valence-electron chi connectivity index (χ0n) is 8.06. The van der Waals surface area contributed by atoms with Gasteiger partial charge >= 0.3 is 0 Å². The van der Waals surface area contributed by atoms with Crippen molar-refractivity contribution < 1.29 is 0 Å². The maximum absolute atomic E-state index is 5.79. The topological polar surface area (TPSA) is 26.0 Å². The Bertz CT molecular complexity index is 266. The van der Waals surface area contributed by atoms with Crippen molar-refractivity contribution in [1.29, 1.82) is 0 Å². The number of nitrogens with two attached hydrogens (primary N) is 1. The summed E-state index contributed by atoms with van der Waals surface area (Å²) in [5.41, 5.74) is 11.9. The lowest BCUT2D eigenvalue weighted by molar-refractivity contribution is 1.22. The molecule has 2 heteroatoms. The lowest BCUT2D eigenvalue weighted by Gasteiger charge is -2.10. The largest absolute Gasteiger partial charge is 0.398 e. The molecular weight excluding hydrogens is 261 g/mol. The highest BCUT2D eigenvalue weighted by Crippen LogP contribution is 2.22. The molecule has 0 aliphatic rings. The fourth-order valence-electron chi connectivity index (χ4n) is 1.24. The van der Waals surface area contributed by atoms with Crippen LogP contribution in [0, 0.1) is 27.7 Å². The predicted molar refractivity (Wildman–Crippen MR) is 65.2 cm³/mol. The highest BCUT2D eigenvalue weighted by Gasteiger charge is 2.02. The first kappa shape index (κ1) is 11.8. The lowest BCUT2D eigenvalue weighted by atomic mass is 9.98. The average molecular weight is 277 g/mol. The van der Waals surface area contributed by atoms with Crippen LogP contribution in [-0.2, 0) is 0 Å². The van der Waals surface area contributed by atoms with Crippen molar-refractivity contribution >= 4 is 29.7 Å². The molecule has 0 saturated heterocycles. The van der Waals surface area contributed by atoms with Crippen LogP contribution < -0.4 is 5.73 Å². The molecule has 0 radical (unpaired) electrons. The molecule has 0 saturated carbocycles. The second-order valence-corrected chi connectivity index (χ2v) is 3.16. The van der Waals surface area contributed by atoms with Crippen molar-refractivity contribution in [3.8, 4) is 0 Å². The second-order valence-electron chi connectivity index (χ2n) is 3.16. The molecule has 0 spiro atoms. The van der Waals surface area contributed by atoms with Gasteiger partial charge in [0.25, 0.3) is 0 Å². The summed E-state index contributed by atoms with van der Waals surface area (Å²) in [7, 11) is 0. The third kappa shape index (κ3) is 1.91. The van der Waals surface area contributed by atoms with Crippen LogP contribution in [0.25, 0.3) is 0 Å². The number of aryl methyl sites for hydroxylation is 1. The minimum Gasteiger partial charge on any atom is -0.398 e. The molecule has 0 fully saturated rings. The van der Waals surface area contributed by atoms with Gasteiger partial charge in [0.15, 0.2) is 0 Å². The van der Waals surface area contributed by atoms with Crippen LogP contribution in [0.5, 0.6) is 0 Å². The van der Waals surface area contributed by atoms with E-state index in [0.717, 1.165) is 5.69 Å². The molecule has 0 aliphatic carbocycles. The summed E-state index contributed by atoms with van der Waals surface area (Å²) in [5.74, 6) is 0. The van der Waals surface area contributed by atoms with Crippen LogP contribution >= 0.6 is 24.0 Å². The quantitative estimate of drug-likeness (QED) is 0.572. The van der Waals surface area contributed by atoms with Gasteiger partial charge in [0.2, 0.25) is 0 Å². The lowest BCUT2D eigenvalue weighted by Crippen LogP contribution is -1.96. The Balaban J connectivity index is 0.00000121. The van der Waals surface area contributed by atoms with Crippen molar-refractivity contribution in [1.82, 2.24) is 0 Å². The Morgan fingerprint density at radius 2 is 1.42 bits per heavy atom. The van der Waals surface area contributed by atoms with Crippen molar-refractivity contribution in [2.24, 2.45) is 0 Å². The fourth-order valence-corrected chi connectivity index (χ4v) is 1.24. The van der Waals surface area contributed by atoms with E-state index in [1.165, 1.54) is 22.3 Å². The third-order valence-electron chi connectivity index (χ3n) is 2.52. The number of nitrogen functional groups attached to an aromatic ring is 1. The Kier molecular flexibility index (Phi) is 4.03. The smallest absolute Gasteiger partial charge is 0.0349 e. The van der Waals surface area contributed by atoms with Gasteiger partial charge in [-0.3, -0.25) is 0 Å². The molecule has 1 aromatic carbocycles. The Morgan fingerprint density at radius 3 is 1.92 bits per heavy atom. The van der Waals surface area contributed by atoms with Crippen molar-refractivity contribution in [2.75, 3.05) is 5.73 Å². The molecule has 12 heavy (non-hydrogen) atoms. The monoisotopic (exact) mass is 277 g/mol. The molecule has 0 aliphatic heterocycles. The van der Waals surface area contributed by atoms with Crippen LogP contribution in [0.2, 0.25) is 0 Å². The van der Waals surface area contributed by atoms with E-state index in [-0.39, 0.29) is 24.0 Å². The molecule has 1 nitrogen and oxygen atoms in total. The average Bonchev–Trinajstić information content (AvgIpc) is 1.97. The number of anilines is 1. The van der Waals surface area contributed by atoms with Gasteiger partial charge in [-0.1, -0.05) is 0 Å². The fraction of sp³-hybridized carbons (Fsp3) is 0.400. The normalized spacial score (nSPS) is 9.33. The van der Waals surface area contributed by atoms with Gasteiger partial charge in [0.05, 0.1) is 0 Å². The summed E-state index contributed by atoms with van der Waals surface area (Å²) in [6.45, 7) is 8.42. The van der Waals surface area contributed by atoms with Crippen LogP contribution in [0.3, 0.4) is 0 Å². The van der Waals surface area contributed by atoms with Crippen LogP contribution in [0.15, 0.2) is 6.07 Å². The molecule has 0 aromatic heterocycles. The molecule has 0 bridgehead atoms. The Hall–Kier alpha value is -0.250. The highest BCUT2D eigenvalue weighted by molar-refractivity contribution is 14.0. The van der Waals surface area contributed by atoms with Crippen LogP contribution in [0.4, 0.5) is 5.69 Å². The number of halogens is 1.